The summed E-state index contributed by atoms with van der Waals surface area (Å²) in [5.74, 6) is -0.00422. The quantitative estimate of drug-likeness (QED) is 0.656. The van der Waals surface area contributed by atoms with Gasteiger partial charge in [0.25, 0.3) is 11.6 Å². The number of ether oxygens (including phenoxy) is 1. The Morgan fingerprint density at radius 3 is 2.58 bits per heavy atom. The second-order valence-corrected chi connectivity index (χ2v) is 6.49. The van der Waals surface area contributed by atoms with E-state index >= 15 is 0 Å². The second-order valence-electron chi connectivity index (χ2n) is 6.49. The Balaban J connectivity index is 1.84. The number of carbonyl (C=O) groups is 2. The fourth-order valence-electron chi connectivity index (χ4n) is 2.57. The van der Waals surface area contributed by atoms with Crippen LogP contribution in [0.15, 0.2) is 29.4 Å². The summed E-state index contributed by atoms with van der Waals surface area (Å²) in [5, 5.41) is 14.6. The minimum Gasteiger partial charge on any atom is -0.484 e. The number of hydrogen-bond acceptors (Lipinski definition) is 6. The van der Waals surface area contributed by atoms with E-state index < -0.39 is 10.8 Å². The molecule has 1 aromatic rings. The van der Waals surface area contributed by atoms with Gasteiger partial charge in [-0.1, -0.05) is 13.8 Å². The van der Waals surface area contributed by atoms with Gasteiger partial charge in [-0.3, -0.25) is 19.7 Å². The van der Waals surface area contributed by atoms with Crippen molar-refractivity contribution in [2.45, 2.75) is 33.1 Å². The number of benzene rings is 1. The SMILES string of the molecule is CC1(C)CC(=O)C/C(=N\NC(=O)COc2ccc([N+](=O)[O-])cc2)C1. The smallest absolute Gasteiger partial charge is 0.277 e. The molecular weight excluding hydrogens is 314 g/mol. The minimum atomic E-state index is -0.514. The third-order valence-electron chi connectivity index (χ3n) is 3.52. The van der Waals surface area contributed by atoms with Gasteiger partial charge in [-0.05, 0) is 24.0 Å². The Hall–Kier alpha value is -2.77. The molecule has 0 atom stereocenters. The molecule has 1 fully saturated rings. The van der Waals surface area contributed by atoms with Crippen molar-refractivity contribution in [1.29, 1.82) is 0 Å². The lowest BCUT2D eigenvalue weighted by atomic mass is 9.76. The number of hydrazone groups is 1. The van der Waals surface area contributed by atoms with Crippen molar-refractivity contribution < 1.29 is 19.2 Å². The number of hydrogen-bond donors (Lipinski definition) is 1. The topological polar surface area (TPSA) is 111 Å². The highest BCUT2D eigenvalue weighted by Crippen LogP contribution is 2.31. The highest BCUT2D eigenvalue weighted by Gasteiger charge is 2.30. The summed E-state index contributed by atoms with van der Waals surface area (Å²) in [6.07, 6.45) is 1.43. The number of non-ortho nitro benzene ring substituents is 1. The molecule has 1 aromatic carbocycles. The summed E-state index contributed by atoms with van der Waals surface area (Å²) in [6.45, 7) is 3.70. The van der Waals surface area contributed by atoms with Gasteiger partial charge in [0.05, 0.1) is 4.92 Å². The van der Waals surface area contributed by atoms with E-state index in [4.69, 9.17) is 4.74 Å². The molecule has 0 bridgehead atoms. The van der Waals surface area contributed by atoms with E-state index in [9.17, 15) is 19.7 Å². The zero-order valence-electron chi connectivity index (χ0n) is 13.6. The molecule has 0 spiro atoms. The molecule has 1 aliphatic rings. The number of carbonyl (C=O) groups excluding carboxylic acids is 2. The van der Waals surface area contributed by atoms with Crippen LogP contribution >= 0.6 is 0 Å². The lowest BCUT2D eigenvalue weighted by Crippen LogP contribution is -2.32. The summed E-state index contributed by atoms with van der Waals surface area (Å²) < 4.78 is 5.23. The Bertz CT molecular complexity index is 679. The molecule has 8 nitrogen and oxygen atoms in total. The van der Waals surface area contributed by atoms with Gasteiger partial charge < -0.3 is 4.74 Å². The van der Waals surface area contributed by atoms with E-state index in [1.165, 1.54) is 24.3 Å². The Labute approximate surface area is 139 Å². The number of nitro groups is 1. The van der Waals surface area contributed by atoms with Gasteiger partial charge in [-0.2, -0.15) is 5.10 Å². The van der Waals surface area contributed by atoms with E-state index in [2.05, 4.69) is 10.5 Å². The maximum Gasteiger partial charge on any atom is 0.277 e. The van der Waals surface area contributed by atoms with Crippen molar-refractivity contribution in [3.05, 3.63) is 34.4 Å². The highest BCUT2D eigenvalue weighted by molar-refractivity contribution is 6.05. The maximum absolute atomic E-state index is 11.7. The molecule has 0 heterocycles. The van der Waals surface area contributed by atoms with Gasteiger partial charge in [-0.25, -0.2) is 5.43 Å². The van der Waals surface area contributed by atoms with Crippen LogP contribution in [0.1, 0.15) is 33.1 Å². The fraction of sp³-hybridized carbons (Fsp3) is 0.438. The van der Waals surface area contributed by atoms with Gasteiger partial charge in [0.1, 0.15) is 11.5 Å². The first-order valence-corrected chi connectivity index (χ1v) is 7.48. The molecule has 0 aliphatic heterocycles. The summed E-state index contributed by atoms with van der Waals surface area (Å²) in [7, 11) is 0. The van der Waals surface area contributed by atoms with Crippen molar-refractivity contribution in [1.82, 2.24) is 5.43 Å². The summed E-state index contributed by atoms with van der Waals surface area (Å²) in [4.78, 5) is 33.4. The molecule has 0 unspecified atom stereocenters. The van der Waals surface area contributed by atoms with Crippen LogP contribution in [0.2, 0.25) is 0 Å². The maximum atomic E-state index is 11.7. The first kappa shape index (κ1) is 17.6. The van der Waals surface area contributed by atoms with E-state index in [0.29, 0.717) is 24.3 Å². The summed E-state index contributed by atoms with van der Waals surface area (Å²) in [5.41, 5.74) is 2.83. The molecule has 1 saturated carbocycles. The van der Waals surface area contributed by atoms with Crippen LogP contribution in [0.25, 0.3) is 0 Å². The number of Topliss-reactive ketones (excluding diaryl/α,β-unsaturated/α-hetero) is 1. The summed E-state index contributed by atoms with van der Waals surface area (Å²) in [6, 6.07) is 5.42. The predicted octanol–water partition coefficient (Wildman–Crippen LogP) is 2.22. The summed E-state index contributed by atoms with van der Waals surface area (Å²) >= 11 is 0. The van der Waals surface area contributed by atoms with Crippen LogP contribution in [0.4, 0.5) is 5.69 Å². The van der Waals surface area contributed by atoms with Gasteiger partial charge in [0.2, 0.25) is 0 Å². The van der Waals surface area contributed by atoms with Crippen molar-refractivity contribution >= 4 is 23.1 Å². The average Bonchev–Trinajstić information content (AvgIpc) is 2.49. The van der Waals surface area contributed by atoms with Crippen LogP contribution in [0.5, 0.6) is 5.75 Å². The van der Waals surface area contributed by atoms with Crippen LogP contribution in [-0.2, 0) is 9.59 Å². The molecule has 8 heteroatoms. The second kappa shape index (κ2) is 7.20. The number of ketones is 1. The molecule has 2 rings (SSSR count). The molecule has 0 radical (unpaired) electrons. The van der Waals surface area contributed by atoms with Gasteiger partial charge in [0, 0.05) is 30.7 Å². The van der Waals surface area contributed by atoms with Crippen LogP contribution in [-0.4, -0.2) is 28.9 Å². The number of nitrogens with one attached hydrogen (secondary N) is 1. The minimum absolute atomic E-state index is 0.0530. The predicted molar refractivity (Wildman–Crippen MR) is 86.8 cm³/mol. The van der Waals surface area contributed by atoms with Crippen LogP contribution < -0.4 is 10.2 Å². The van der Waals surface area contributed by atoms with Crippen LogP contribution in [0, 0.1) is 15.5 Å². The standard InChI is InChI=1S/C16H19N3O5/c1-16(2)8-11(7-13(20)9-16)17-18-15(21)10-24-14-5-3-12(4-6-14)19(22)23/h3-6H,7-10H2,1-2H3,(H,18,21)/b17-11+. The van der Waals surface area contributed by atoms with E-state index in [1.54, 1.807) is 0 Å². The molecule has 128 valence electrons. The number of amides is 1. The first-order chi connectivity index (χ1) is 11.2. The lowest BCUT2D eigenvalue weighted by Gasteiger charge is -2.28. The Kier molecular flexibility index (Phi) is 5.28. The fourth-order valence-corrected chi connectivity index (χ4v) is 2.57. The zero-order chi connectivity index (χ0) is 17.7. The van der Waals surface area contributed by atoms with E-state index in [1.807, 2.05) is 13.8 Å². The van der Waals surface area contributed by atoms with E-state index in [-0.39, 0.29) is 29.9 Å². The largest absolute Gasteiger partial charge is 0.484 e. The lowest BCUT2D eigenvalue weighted by molar-refractivity contribution is -0.384. The Morgan fingerprint density at radius 2 is 2.00 bits per heavy atom. The Morgan fingerprint density at radius 1 is 1.33 bits per heavy atom. The molecule has 1 amide bonds. The van der Waals surface area contributed by atoms with Crippen molar-refractivity contribution in [2.75, 3.05) is 6.61 Å². The monoisotopic (exact) mass is 333 g/mol. The molecule has 24 heavy (non-hydrogen) atoms. The normalized spacial score (nSPS) is 18.2. The van der Waals surface area contributed by atoms with Gasteiger partial charge >= 0.3 is 0 Å². The van der Waals surface area contributed by atoms with Gasteiger partial charge in [0.15, 0.2) is 6.61 Å². The molecule has 1 aliphatic carbocycles. The molecule has 0 saturated heterocycles. The van der Waals surface area contributed by atoms with Crippen LogP contribution in [0.3, 0.4) is 0 Å². The van der Waals surface area contributed by atoms with Crippen molar-refractivity contribution in [3.8, 4) is 5.75 Å². The average molecular weight is 333 g/mol. The number of nitrogens with zero attached hydrogens (tertiary/aromatic N) is 2. The number of nitro benzene ring substituents is 1. The molecular formula is C16H19N3O5. The zero-order valence-corrected chi connectivity index (χ0v) is 13.6. The van der Waals surface area contributed by atoms with E-state index in [0.717, 1.165) is 0 Å². The molecule has 0 aromatic heterocycles. The third kappa shape index (κ3) is 5.15. The first-order valence-electron chi connectivity index (χ1n) is 7.48. The third-order valence-corrected chi connectivity index (χ3v) is 3.52. The van der Waals surface area contributed by atoms with Crippen molar-refractivity contribution in [3.63, 3.8) is 0 Å². The van der Waals surface area contributed by atoms with Gasteiger partial charge in [-0.15, -0.1) is 0 Å². The number of rotatable bonds is 5. The highest BCUT2D eigenvalue weighted by atomic mass is 16.6. The molecule has 1 N–H and O–H groups in total. The van der Waals surface area contributed by atoms with Crippen molar-refractivity contribution in [2.24, 2.45) is 10.5 Å².